The number of aryl methyl sites for hydroxylation is 4. The van der Waals surface area contributed by atoms with Gasteiger partial charge in [-0.2, -0.15) is 0 Å². The Hall–Kier alpha value is -3.53. The Morgan fingerprint density at radius 3 is 2.23 bits per heavy atom. The predicted octanol–water partition coefficient (Wildman–Crippen LogP) is 6.95. The van der Waals surface area contributed by atoms with E-state index < -0.39 is 5.82 Å². The molecule has 0 bridgehead atoms. The van der Waals surface area contributed by atoms with Gasteiger partial charge < -0.3 is 4.42 Å². The van der Waals surface area contributed by atoms with Crippen molar-refractivity contribution in [1.82, 2.24) is 0 Å². The third-order valence-electron chi connectivity index (χ3n) is 6.07. The molecule has 0 aliphatic heterocycles. The minimum absolute atomic E-state index is 0.349. The zero-order valence-corrected chi connectivity index (χ0v) is 17.9. The van der Waals surface area contributed by atoms with Crippen LogP contribution in [0.2, 0.25) is 0 Å². The third kappa shape index (κ3) is 2.94. The lowest BCUT2D eigenvalue weighted by molar-refractivity contribution is -0.660. The molecule has 0 radical (unpaired) electrons. The quantitative estimate of drug-likeness (QED) is 0.286. The summed E-state index contributed by atoms with van der Waals surface area (Å²) in [5.41, 5.74) is 6.65. The Morgan fingerprint density at radius 2 is 1.48 bits per heavy atom. The highest BCUT2D eigenvalue weighted by atomic mass is 19.1. The zero-order chi connectivity index (χ0) is 21.9. The molecule has 5 aromatic rings. The zero-order valence-electron chi connectivity index (χ0n) is 17.9. The lowest BCUT2D eigenvalue weighted by atomic mass is 9.97. The number of halogens is 2. The van der Waals surface area contributed by atoms with Crippen molar-refractivity contribution >= 4 is 21.9 Å². The van der Waals surface area contributed by atoms with E-state index in [0.29, 0.717) is 33.1 Å². The van der Waals surface area contributed by atoms with Crippen LogP contribution in [0.15, 0.2) is 65.2 Å². The summed E-state index contributed by atoms with van der Waals surface area (Å²) in [4.78, 5) is 0. The van der Waals surface area contributed by atoms with Gasteiger partial charge >= 0.3 is 0 Å². The summed E-state index contributed by atoms with van der Waals surface area (Å²) in [7, 11) is 1.97. The summed E-state index contributed by atoms with van der Waals surface area (Å²) >= 11 is 0. The van der Waals surface area contributed by atoms with E-state index in [9.17, 15) is 4.39 Å². The standard InChI is InChI=1S/C27H22F2NO/c1-15-13-22(30(4)14-17(15)3)23-16(2)12-21(29)25-19-10-11-20(28)24(26(19)31-27(23)25)18-8-6-5-7-9-18/h5-14H,1-4H3/q+1. The van der Waals surface area contributed by atoms with E-state index in [1.165, 1.54) is 17.7 Å². The summed E-state index contributed by atoms with van der Waals surface area (Å²) in [6.07, 6.45) is 2.05. The van der Waals surface area contributed by atoms with Crippen LogP contribution in [0.1, 0.15) is 16.7 Å². The van der Waals surface area contributed by atoms with Crippen molar-refractivity contribution < 1.29 is 17.8 Å². The molecule has 0 N–H and O–H groups in total. The first-order valence-electron chi connectivity index (χ1n) is 10.2. The average molecular weight is 414 g/mol. The van der Waals surface area contributed by atoms with Crippen LogP contribution in [0, 0.1) is 32.4 Å². The molecule has 154 valence electrons. The topological polar surface area (TPSA) is 17.0 Å². The van der Waals surface area contributed by atoms with Crippen LogP contribution in [0.3, 0.4) is 0 Å². The molecule has 31 heavy (non-hydrogen) atoms. The maximum atomic E-state index is 15.2. The fraction of sp³-hybridized carbons (Fsp3) is 0.148. The second kappa shape index (κ2) is 7.02. The molecule has 0 atom stereocenters. The lowest BCUT2D eigenvalue weighted by Gasteiger charge is -2.08. The number of benzene rings is 3. The second-order valence-corrected chi connectivity index (χ2v) is 8.16. The molecule has 5 rings (SSSR count). The van der Waals surface area contributed by atoms with Crippen LogP contribution in [-0.4, -0.2) is 0 Å². The van der Waals surface area contributed by atoms with Crippen LogP contribution >= 0.6 is 0 Å². The SMILES string of the molecule is Cc1cc(-c2c(C)cc(F)c3c2oc2c(-c4ccccc4)c(F)ccc23)[n+](C)cc1C. The molecule has 0 unspecified atom stereocenters. The van der Waals surface area contributed by atoms with Gasteiger partial charge in [-0.25, -0.2) is 13.3 Å². The van der Waals surface area contributed by atoms with E-state index in [2.05, 4.69) is 26.1 Å². The maximum Gasteiger partial charge on any atom is 0.216 e. The molecule has 0 aliphatic carbocycles. The number of furan rings is 1. The van der Waals surface area contributed by atoms with Crippen molar-refractivity contribution in [3.8, 4) is 22.4 Å². The van der Waals surface area contributed by atoms with E-state index in [1.807, 2.05) is 48.9 Å². The molecule has 0 amide bonds. The summed E-state index contributed by atoms with van der Waals surface area (Å²) in [6, 6.07) is 15.8. The summed E-state index contributed by atoms with van der Waals surface area (Å²) in [6.45, 7) is 5.98. The highest BCUT2D eigenvalue weighted by Crippen LogP contribution is 2.42. The van der Waals surface area contributed by atoms with Crippen LogP contribution in [0.4, 0.5) is 8.78 Å². The smallest absolute Gasteiger partial charge is 0.216 e. The molecule has 0 fully saturated rings. The lowest BCUT2D eigenvalue weighted by Crippen LogP contribution is -2.31. The molecule has 2 nitrogen and oxygen atoms in total. The number of hydrogen-bond acceptors (Lipinski definition) is 1. The van der Waals surface area contributed by atoms with E-state index in [1.54, 1.807) is 6.07 Å². The number of hydrogen-bond donors (Lipinski definition) is 0. The molecular formula is C27H22F2NO+. The molecular weight excluding hydrogens is 392 g/mol. The van der Waals surface area contributed by atoms with E-state index in [0.717, 1.165) is 22.4 Å². The molecule has 0 aliphatic rings. The van der Waals surface area contributed by atoms with Gasteiger partial charge in [-0.3, -0.25) is 0 Å². The fourth-order valence-electron chi connectivity index (χ4n) is 4.39. The van der Waals surface area contributed by atoms with Crippen molar-refractivity contribution in [2.45, 2.75) is 20.8 Å². The highest BCUT2D eigenvalue weighted by Gasteiger charge is 2.26. The number of nitrogens with zero attached hydrogens (tertiary/aromatic N) is 1. The van der Waals surface area contributed by atoms with E-state index in [-0.39, 0.29) is 5.82 Å². The van der Waals surface area contributed by atoms with Gasteiger partial charge in [-0.15, -0.1) is 0 Å². The number of pyridine rings is 1. The monoisotopic (exact) mass is 414 g/mol. The Balaban J connectivity index is 1.94. The molecule has 0 spiro atoms. The average Bonchev–Trinajstić information content (AvgIpc) is 3.11. The number of aromatic nitrogens is 1. The van der Waals surface area contributed by atoms with Gasteiger partial charge in [0.25, 0.3) is 0 Å². The Morgan fingerprint density at radius 1 is 0.742 bits per heavy atom. The minimum atomic E-state index is -0.395. The normalized spacial score (nSPS) is 11.5. The Bertz CT molecular complexity index is 1480. The van der Waals surface area contributed by atoms with Gasteiger partial charge in [-0.05, 0) is 55.7 Å². The van der Waals surface area contributed by atoms with Gasteiger partial charge in [-0.1, -0.05) is 30.3 Å². The first-order valence-corrected chi connectivity index (χ1v) is 10.2. The summed E-state index contributed by atoms with van der Waals surface area (Å²) < 4.78 is 38.5. The van der Waals surface area contributed by atoms with E-state index >= 15 is 4.39 Å². The first kappa shape index (κ1) is 19.4. The van der Waals surface area contributed by atoms with Crippen LogP contribution < -0.4 is 4.57 Å². The molecule has 0 saturated heterocycles. The van der Waals surface area contributed by atoms with Crippen LogP contribution in [0.25, 0.3) is 44.3 Å². The van der Waals surface area contributed by atoms with Crippen LogP contribution in [0.5, 0.6) is 0 Å². The van der Waals surface area contributed by atoms with Crippen LogP contribution in [-0.2, 0) is 7.05 Å². The molecule has 0 saturated carbocycles. The highest BCUT2D eigenvalue weighted by molar-refractivity contribution is 6.13. The van der Waals surface area contributed by atoms with Gasteiger partial charge in [0.05, 0.1) is 16.5 Å². The molecule has 2 heterocycles. The van der Waals surface area contributed by atoms with Gasteiger partial charge in [0, 0.05) is 17.0 Å². The Labute approximate surface area is 179 Å². The molecule has 2 aromatic heterocycles. The number of fused-ring (bicyclic) bond motifs is 3. The van der Waals surface area contributed by atoms with Crippen molar-refractivity contribution in [3.05, 3.63) is 89.1 Å². The predicted molar refractivity (Wildman–Crippen MR) is 120 cm³/mol. The molecule has 3 aromatic carbocycles. The van der Waals surface area contributed by atoms with Gasteiger partial charge in [0.2, 0.25) is 5.69 Å². The largest absolute Gasteiger partial charge is 0.454 e. The summed E-state index contributed by atoms with van der Waals surface area (Å²) in [5, 5.41) is 0.950. The van der Waals surface area contributed by atoms with E-state index in [4.69, 9.17) is 4.42 Å². The summed E-state index contributed by atoms with van der Waals surface area (Å²) in [5.74, 6) is -0.764. The first-order chi connectivity index (χ1) is 14.9. The van der Waals surface area contributed by atoms with Crippen molar-refractivity contribution in [2.75, 3.05) is 0 Å². The van der Waals surface area contributed by atoms with Gasteiger partial charge in [0.15, 0.2) is 11.8 Å². The third-order valence-corrected chi connectivity index (χ3v) is 6.07. The van der Waals surface area contributed by atoms with Crippen molar-refractivity contribution in [3.63, 3.8) is 0 Å². The van der Waals surface area contributed by atoms with Crippen molar-refractivity contribution in [2.24, 2.45) is 7.05 Å². The second-order valence-electron chi connectivity index (χ2n) is 8.16. The fourth-order valence-corrected chi connectivity index (χ4v) is 4.39. The Kier molecular flexibility index (Phi) is 4.40. The maximum absolute atomic E-state index is 15.2. The minimum Gasteiger partial charge on any atom is -0.454 e. The van der Waals surface area contributed by atoms with Gasteiger partial charge in [0.1, 0.15) is 24.3 Å². The van der Waals surface area contributed by atoms with Crippen molar-refractivity contribution in [1.29, 1.82) is 0 Å². The molecule has 4 heteroatoms. The number of rotatable bonds is 2.